The van der Waals surface area contributed by atoms with E-state index in [1.165, 1.54) is 0 Å². The first-order valence-corrected chi connectivity index (χ1v) is 6.54. The number of oxime groups is 1. The van der Waals surface area contributed by atoms with Gasteiger partial charge in [-0.3, -0.25) is 0 Å². The third kappa shape index (κ3) is 3.29. The molecule has 18 heavy (non-hydrogen) atoms. The summed E-state index contributed by atoms with van der Waals surface area (Å²) in [6.07, 6.45) is 2.21. The van der Waals surface area contributed by atoms with E-state index in [0.29, 0.717) is 10.6 Å². The molecule has 0 fully saturated rings. The van der Waals surface area contributed by atoms with Crippen molar-refractivity contribution in [2.45, 2.75) is 26.7 Å². The van der Waals surface area contributed by atoms with Crippen molar-refractivity contribution in [3.8, 4) is 0 Å². The highest BCUT2D eigenvalue weighted by molar-refractivity contribution is 6.34. The van der Waals surface area contributed by atoms with E-state index in [2.05, 4.69) is 23.9 Å². The molecule has 0 aliphatic rings. The minimum Gasteiger partial charge on any atom is -0.409 e. The molecule has 0 radical (unpaired) electrons. The molecule has 0 bridgehead atoms. The first-order valence-electron chi connectivity index (χ1n) is 6.17. The lowest BCUT2D eigenvalue weighted by Crippen LogP contribution is -2.27. The van der Waals surface area contributed by atoms with Gasteiger partial charge in [-0.2, -0.15) is 0 Å². The molecule has 4 nitrogen and oxygen atoms in total. The molecule has 0 atom stereocenters. The molecule has 1 rings (SSSR count). The smallest absolute Gasteiger partial charge is 0.173 e. The molecular formula is C13H20ClN3O. The summed E-state index contributed by atoms with van der Waals surface area (Å²) < 4.78 is 0. The summed E-state index contributed by atoms with van der Waals surface area (Å²) in [5, 5.41) is 12.4. The summed E-state index contributed by atoms with van der Waals surface area (Å²) in [5.74, 6) is 0.0468. The summed E-state index contributed by atoms with van der Waals surface area (Å²) in [7, 11) is 0. The van der Waals surface area contributed by atoms with Crippen LogP contribution in [0, 0.1) is 0 Å². The van der Waals surface area contributed by atoms with Crippen molar-refractivity contribution in [1.82, 2.24) is 0 Å². The van der Waals surface area contributed by atoms with Crippen molar-refractivity contribution in [2.75, 3.05) is 18.0 Å². The Bertz CT molecular complexity index is 421. The molecule has 5 heteroatoms. The fraction of sp³-hybridized carbons (Fsp3) is 0.462. The van der Waals surface area contributed by atoms with Crippen molar-refractivity contribution >= 4 is 23.1 Å². The molecule has 0 spiro atoms. The van der Waals surface area contributed by atoms with Crippen LogP contribution in [-0.4, -0.2) is 24.1 Å². The Hall–Kier alpha value is -1.42. The zero-order valence-corrected chi connectivity index (χ0v) is 11.6. The fourth-order valence-electron chi connectivity index (χ4n) is 1.88. The Morgan fingerprint density at radius 1 is 1.44 bits per heavy atom. The van der Waals surface area contributed by atoms with Crippen LogP contribution in [0.1, 0.15) is 32.3 Å². The number of unbranched alkanes of at least 4 members (excludes halogenated alkanes) is 1. The predicted molar refractivity (Wildman–Crippen MR) is 76.8 cm³/mol. The van der Waals surface area contributed by atoms with E-state index in [0.717, 1.165) is 31.6 Å². The van der Waals surface area contributed by atoms with Crippen LogP contribution in [0.4, 0.5) is 5.69 Å². The number of anilines is 1. The largest absolute Gasteiger partial charge is 0.409 e. The average molecular weight is 270 g/mol. The molecular weight excluding hydrogens is 250 g/mol. The molecule has 0 saturated carbocycles. The first kappa shape index (κ1) is 14.6. The third-order valence-electron chi connectivity index (χ3n) is 2.86. The normalized spacial score (nSPS) is 11.6. The predicted octanol–water partition coefficient (Wildman–Crippen LogP) is 3.06. The number of benzene rings is 1. The van der Waals surface area contributed by atoms with Gasteiger partial charge in [-0.25, -0.2) is 0 Å². The second-order valence-corrected chi connectivity index (χ2v) is 4.46. The van der Waals surface area contributed by atoms with Crippen molar-refractivity contribution < 1.29 is 5.21 Å². The van der Waals surface area contributed by atoms with Crippen LogP contribution in [0.2, 0.25) is 5.02 Å². The van der Waals surface area contributed by atoms with E-state index in [9.17, 15) is 0 Å². The number of nitrogens with two attached hydrogens (primary N) is 1. The summed E-state index contributed by atoms with van der Waals surface area (Å²) in [6.45, 7) is 6.01. The van der Waals surface area contributed by atoms with E-state index in [-0.39, 0.29) is 5.84 Å². The van der Waals surface area contributed by atoms with Gasteiger partial charge in [0, 0.05) is 18.8 Å². The van der Waals surface area contributed by atoms with Gasteiger partial charge in [0.1, 0.15) is 0 Å². The van der Waals surface area contributed by atoms with Crippen LogP contribution >= 0.6 is 11.6 Å². The molecule has 0 aliphatic heterocycles. The maximum Gasteiger partial charge on any atom is 0.173 e. The highest BCUT2D eigenvalue weighted by atomic mass is 35.5. The summed E-state index contributed by atoms with van der Waals surface area (Å²) in [5.41, 5.74) is 7.21. The molecule has 1 aromatic rings. The zero-order chi connectivity index (χ0) is 13.5. The third-order valence-corrected chi connectivity index (χ3v) is 3.17. The van der Waals surface area contributed by atoms with E-state index in [1.54, 1.807) is 6.07 Å². The average Bonchev–Trinajstić information content (AvgIpc) is 2.39. The van der Waals surface area contributed by atoms with E-state index in [1.807, 2.05) is 12.1 Å². The van der Waals surface area contributed by atoms with Crippen molar-refractivity contribution in [2.24, 2.45) is 10.9 Å². The lowest BCUT2D eigenvalue weighted by Gasteiger charge is -2.25. The summed E-state index contributed by atoms with van der Waals surface area (Å²) in [4.78, 5) is 2.18. The van der Waals surface area contributed by atoms with Gasteiger partial charge in [0.05, 0.1) is 10.6 Å². The Labute approximate surface area is 113 Å². The highest BCUT2D eigenvalue weighted by Gasteiger charge is 2.15. The maximum absolute atomic E-state index is 8.85. The quantitative estimate of drug-likeness (QED) is 0.361. The van der Waals surface area contributed by atoms with Gasteiger partial charge in [-0.05, 0) is 25.5 Å². The number of hydrogen-bond donors (Lipinski definition) is 2. The summed E-state index contributed by atoms with van der Waals surface area (Å²) >= 11 is 6.14. The van der Waals surface area contributed by atoms with Gasteiger partial charge in [-0.15, -0.1) is 0 Å². The molecule has 3 N–H and O–H groups in total. The van der Waals surface area contributed by atoms with Gasteiger partial charge in [0.15, 0.2) is 5.84 Å². The Kier molecular flexibility index (Phi) is 5.78. The summed E-state index contributed by atoms with van der Waals surface area (Å²) in [6, 6.07) is 5.56. The van der Waals surface area contributed by atoms with E-state index < -0.39 is 0 Å². The van der Waals surface area contributed by atoms with E-state index in [4.69, 9.17) is 22.5 Å². The van der Waals surface area contributed by atoms with Crippen LogP contribution in [0.25, 0.3) is 0 Å². The minimum absolute atomic E-state index is 0.0468. The molecule has 0 aromatic heterocycles. The number of rotatable bonds is 6. The van der Waals surface area contributed by atoms with Gasteiger partial charge in [0.2, 0.25) is 0 Å². The van der Waals surface area contributed by atoms with Crippen LogP contribution in [0.15, 0.2) is 23.4 Å². The Morgan fingerprint density at radius 2 is 2.17 bits per heavy atom. The number of amidine groups is 1. The lowest BCUT2D eigenvalue weighted by molar-refractivity contribution is 0.318. The van der Waals surface area contributed by atoms with E-state index >= 15 is 0 Å². The van der Waals surface area contributed by atoms with Crippen LogP contribution in [-0.2, 0) is 0 Å². The van der Waals surface area contributed by atoms with Gasteiger partial charge >= 0.3 is 0 Å². The van der Waals surface area contributed by atoms with Crippen LogP contribution in [0.5, 0.6) is 0 Å². The number of hydrogen-bond acceptors (Lipinski definition) is 3. The zero-order valence-electron chi connectivity index (χ0n) is 10.9. The van der Waals surface area contributed by atoms with Gasteiger partial charge in [0.25, 0.3) is 0 Å². The van der Waals surface area contributed by atoms with Crippen LogP contribution in [0.3, 0.4) is 0 Å². The minimum atomic E-state index is 0.0468. The molecule has 0 heterocycles. The molecule has 0 amide bonds. The Balaban J connectivity index is 3.17. The highest BCUT2D eigenvalue weighted by Crippen LogP contribution is 2.27. The molecule has 0 aliphatic carbocycles. The fourth-order valence-corrected chi connectivity index (χ4v) is 2.14. The molecule has 0 unspecified atom stereocenters. The lowest BCUT2D eigenvalue weighted by atomic mass is 10.1. The second kappa shape index (κ2) is 7.11. The van der Waals surface area contributed by atoms with Crippen molar-refractivity contribution in [1.29, 1.82) is 0 Å². The topological polar surface area (TPSA) is 61.8 Å². The SMILES string of the molecule is CCCCN(CC)c1cccc(Cl)c1C(N)=NO. The monoisotopic (exact) mass is 269 g/mol. The second-order valence-electron chi connectivity index (χ2n) is 4.05. The standard InChI is InChI=1S/C13H20ClN3O/c1-3-5-9-17(4-2)11-8-6-7-10(14)12(11)13(15)16-18/h6-8,18H,3-5,9H2,1-2H3,(H2,15,16). The van der Waals surface area contributed by atoms with Crippen LogP contribution < -0.4 is 10.6 Å². The van der Waals surface area contributed by atoms with Crippen molar-refractivity contribution in [3.05, 3.63) is 28.8 Å². The maximum atomic E-state index is 8.85. The Morgan fingerprint density at radius 3 is 2.72 bits per heavy atom. The van der Waals surface area contributed by atoms with Crippen molar-refractivity contribution in [3.63, 3.8) is 0 Å². The van der Waals surface area contributed by atoms with Gasteiger partial charge < -0.3 is 15.8 Å². The number of nitrogens with zero attached hydrogens (tertiary/aromatic N) is 2. The molecule has 0 saturated heterocycles. The first-order chi connectivity index (χ1) is 8.65. The number of halogens is 1. The molecule has 100 valence electrons. The molecule has 1 aromatic carbocycles. The van der Waals surface area contributed by atoms with Gasteiger partial charge in [-0.1, -0.05) is 36.2 Å².